The fourth-order valence-corrected chi connectivity index (χ4v) is 5.02. The van der Waals surface area contributed by atoms with E-state index >= 15 is 0 Å². The number of hydrogen-bond acceptors (Lipinski definition) is 4. The minimum absolute atomic E-state index is 0.0190. The summed E-state index contributed by atoms with van der Waals surface area (Å²) in [6, 6.07) is 14.8. The van der Waals surface area contributed by atoms with Crippen LogP contribution in [-0.4, -0.2) is 38.8 Å². The van der Waals surface area contributed by atoms with Crippen molar-refractivity contribution in [3.05, 3.63) is 65.2 Å². The molecular formula is C22H28N2O4S. The quantitative estimate of drug-likeness (QED) is 0.753. The highest BCUT2D eigenvalue weighted by molar-refractivity contribution is 7.89. The summed E-state index contributed by atoms with van der Waals surface area (Å²) in [6.07, 6.45) is 1.06. The van der Waals surface area contributed by atoms with Crippen molar-refractivity contribution >= 4 is 15.9 Å². The molecule has 0 bridgehead atoms. The molecule has 1 N–H and O–H groups in total. The zero-order valence-electron chi connectivity index (χ0n) is 16.9. The van der Waals surface area contributed by atoms with Gasteiger partial charge in [0.1, 0.15) is 0 Å². The van der Waals surface area contributed by atoms with Gasteiger partial charge in [0.05, 0.1) is 11.5 Å². The Bertz CT molecular complexity index is 934. The van der Waals surface area contributed by atoms with Crippen LogP contribution in [0.2, 0.25) is 0 Å². The van der Waals surface area contributed by atoms with Gasteiger partial charge >= 0.3 is 0 Å². The summed E-state index contributed by atoms with van der Waals surface area (Å²) >= 11 is 0. The molecule has 1 aliphatic heterocycles. The summed E-state index contributed by atoms with van der Waals surface area (Å²) < 4.78 is 32.2. The van der Waals surface area contributed by atoms with Crippen molar-refractivity contribution < 1.29 is 17.9 Å². The monoisotopic (exact) mass is 416 g/mol. The number of amides is 1. The lowest BCUT2D eigenvalue weighted by atomic mass is 9.97. The Morgan fingerprint density at radius 3 is 2.41 bits per heavy atom. The number of hydrogen-bond donors (Lipinski definition) is 1. The van der Waals surface area contributed by atoms with Crippen LogP contribution in [0.5, 0.6) is 0 Å². The smallest absolute Gasteiger partial charge is 0.243 e. The van der Waals surface area contributed by atoms with Gasteiger partial charge in [0.25, 0.3) is 0 Å². The Morgan fingerprint density at radius 2 is 1.76 bits per heavy atom. The summed E-state index contributed by atoms with van der Waals surface area (Å²) in [5.74, 6) is -0.184. The summed E-state index contributed by atoms with van der Waals surface area (Å²) in [4.78, 5) is 12.8. The van der Waals surface area contributed by atoms with Crippen molar-refractivity contribution in [3.8, 4) is 0 Å². The predicted octanol–water partition coefficient (Wildman–Crippen LogP) is 2.86. The maximum Gasteiger partial charge on any atom is 0.243 e. The third kappa shape index (κ3) is 5.44. The second kappa shape index (κ2) is 9.52. The molecule has 1 aliphatic rings. The molecule has 29 heavy (non-hydrogen) atoms. The van der Waals surface area contributed by atoms with Crippen LogP contribution in [0.4, 0.5) is 0 Å². The number of ether oxygens (including phenoxy) is 1. The van der Waals surface area contributed by atoms with Crippen LogP contribution in [0.1, 0.15) is 29.5 Å². The third-order valence-electron chi connectivity index (χ3n) is 5.25. The van der Waals surface area contributed by atoms with Gasteiger partial charge in [-0.2, -0.15) is 4.31 Å². The van der Waals surface area contributed by atoms with Gasteiger partial charge < -0.3 is 10.1 Å². The molecule has 1 amide bonds. The fourth-order valence-electron chi connectivity index (χ4n) is 3.55. The Labute approximate surface area is 172 Å². The van der Waals surface area contributed by atoms with Gasteiger partial charge in [0.2, 0.25) is 15.9 Å². The highest BCUT2D eigenvalue weighted by Crippen LogP contribution is 2.24. The number of carbonyl (C=O) groups is 1. The number of rotatable bonds is 7. The van der Waals surface area contributed by atoms with Crippen LogP contribution in [0.3, 0.4) is 0 Å². The van der Waals surface area contributed by atoms with Crippen LogP contribution in [0.25, 0.3) is 0 Å². The van der Waals surface area contributed by atoms with E-state index in [9.17, 15) is 13.2 Å². The number of nitrogens with zero attached hydrogens (tertiary/aromatic N) is 1. The van der Waals surface area contributed by atoms with Crippen molar-refractivity contribution in [1.29, 1.82) is 0 Å². The van der Waals surface area contributed by atoms with Crippen LogP contribution < -0.4 is 5.32 Å². The Morgan fingerprint density at radius 1 is 1.10 bits per heavy atom. The van der Waals surface area contributed by atoms with E-state index in [0.29, 0.717) is 44.0 Å². The van der Waals surface area contributed by atoms with Gasteiger partial charge in [-0.1, -0.05) is 42.0 Å². The first-order valence-electron chi connectivity index (χ1n) is 9.81. The first-order chi connectivity index (χ1) is 13.9. The molecule has 156 valence electrons. The topological polar surface area (TPSA) is 75.7 Å². The molecule has 0 atom stereocenters. The van der Waals surface area contributed by atoms with Gasteiger partial charge in [-0.05, 0) is 43.0 Å². The lowest BCUT2D eigenvalue weighted by Gasteiger charge is -2.30. The van der Waals surface area contributed by atoms with Gasteiger partial charge in [-0.25, -0.2) is 8.42 Å². The van der Waals surface area contributed by atoms with Crippen LogP contribution in [-0.2, 0) is 32.7 Å². The van der Waals surface area contributed by atoms with E-state index in [-0.39, 0.29) is 11.8 Å². The largest absolute Gasteiger partial charge is 0.380 e. The van der Waals surface area contributed by atoms with E-state index in [0.717, 1.165) is 16.7 Å². The summed E-state index contributed by atoms with van der Waals surface area (Å²) in [7, 11) is -1.85. The number of piperidine rings is 1. The molecule has 2 aromatic carbocycles. The van der Waals surface area contributed by atoms with E-state index in [1.54, 1.807) is 31.4 Å². The third-order valence-corrected chi connectivity index (χ3v) is 7.17. The van der Waals surface area contributed by atoms with E-state index in [1.807, 2.05) is 31.2 Å². The van der Waals surface area contributed by atoms with E-state index in [2.05, 4.69) is 5.32 Å². The first kappa shape index (κ1) is 21.5. The molecule has 2 aromatic rings. The van der Waals surface area contributed by atoms with Crippen LogP contribution in [0.15, 0.2) is 53.4 Å². The van der Waals surface area contributed by atoms with Crippen molar-refractivity contribution in [1.82, 2.24) is 9.62 Å². The molecule has 3 rings (SSSR count). The molecule has 1 fully saturated rings. The van der Waals surface area contributed by atoms with Crippen LogP contribution >= 0.6 is 0 Å². The minimum Gasteiger partial charge on any atom is -0.380 e. The normalized spacial score (nSPS) is 15.9. The zero-order chi connectivity index (χ0) is 20.9. The number of methoxy groups -OCH3 is 1. The first-order valence-corrected chi connectivity index (χ1v) is 11.3. The molecule has 1 heterocycles. The number of sulfonamides is 1. The molecule has 0 aliphatic carbocycles. The van der Waals surface area contributed by atoms with Crippen molar-refractivity contribution in [3.63, 3.8) is 0 Å². The van der Waals surface area contributed by atoms with Crippen molar-refractivity contribution in [2.24, 2.45) is 5.92 Å². The van der Waals surface area contributed by atoms with Gasteiger partial charge in [0.15, 0.2) is 0 Å². The highest BCUT2D eigenvalue weighted by Gasteiger charge is 2.31. The molecule has 6 nitrogen and oxygen atoms in total. The molecule has 0 saturated carbocycles. The van der Waals surface area contributed by atoms with Gasteiger partial charge in [-0.15, -0.1) is 0 Å². The van der Waals surface area contributed by atoms with Gasteiger partial charge in [-0.3, -0.25) is 4.79 Å². The number of carbonyl (C=O) groups excluding carboxylic acids is 1. The lowest BCUT2D eigenvalue weighted by Crippen LogP contribution is -2.42. The average molecular weight is 417 g/mol. The van der Waals surface area contributed by atoms with E-state index in [4.69, 9.17) is 4.74 Å². The maximum atomic E-state index is 12.8. The SMILES string of the molecule is COCc1cccc(CNC(=O)C2CCN(S(=O)(=O)c3ccc(C)cc3)CC2)c1. The van der Waals surface area contributed by atoms with Crippen LogP contribution in [0, 0.1) is 12.8 Å². The van der Waals surface area contributed by atoms with E-state index in [1.165, 1.54) is 4.31 Å². The number of benzene rings is 2. The van der Waals surface area contributed by atoms with Crippen molar-refractivity contribution in [2.45, 2.75) is 37.8 Å². The molecule has 0 spiro atoms. The molecule has 0 aromatic heterocycles. The Hall–Kier alpha value is -2.22. The Kier molecular flexibility index (Phi) is 7.05. The molecule has 0 radical (unpaired) electrons. The second-order valence-electron chi connectivity index (χ2n) is 7.46. The summed E-state index contributed by atoms with van der Waals surface area (Å²) in [5.41, 5.74) is 3.10. The fraction of sp³-hybridized carbons (Fsp3) is 0.409. The lowest BCUT2D eigenvalue weighted by molar-refractivity contribution is -0.126. The summed E-state index contributed by atoms with van der Waals surface area (Å²) in [5, 5.41) is 2.98. The molecule has 7 heteroatoms. The van der Waals surface area contributed by atoms with Crippen molar-refractivity contribution in [2.75, 3.05) is 20.2 Å². The number of aryl methyl sites for hydroxylation is 1. The standard InChI is InChI=1S/C22H28N2O4S/c1-17-6-8-21(9-7-17)29(26,27)24-12-10-20(11-13-24)22(25)23-15-18-4-3-5-19(14-18)16-28-2/h3-9,14,20H,10-13,15-16H2,1-2H3,(H,23,25). The predicted molar refractivity (Wildman–Crippen MR) is 112 cm³/mol. The van der Waals surface area contributed by atoms with E-state index < -0.39 is 10.0 Å². The average Bonchev–Trinajstić information content (AvgIpc) is 2.73. The maximum absolute atomic E-state index is 12.8. The summed E-state index contributed by atoms with van der Waals surface area (Å²) in [6.45, 7) is 3.64. The molecule has 0 unspecified atom stereocenters. The number of nitrogens with one attached hydrogen (secondary N) is 1. The minimum atomic E-state index is -3.50. The highest BCUT2D eigenvalue weighted by atomic mass is 32.2. The molecular weight excluding hydrogens is 388 g/mol. The second-order valence-corrected chi connectivity index (χ2v) is 9.40. The Balaban J connectivity index is 1.53. The zero-order valence-corrected chi connectivity index (χ0v) is 17.7. The molecule has 1 saturated heterocycles. The van der Waals surface area contributed by atoms with Gasteiger partial charge in [0, 0.05) is 32.7 Å².